The van der Waals surface area contributed by atoms with Gasteiger partial charge in [-0.1, -0.05) is 0 Å². The van der Waals surface area contributed by atoms with Crippen LogP contribution in [-0.2, 0) is 14.4 Å². The van der Waals surface area contributed by atoms with Crippen molar-refractivity contribution in [1.29, 1.82) is 0 Å². The van der Waals surface area contributed by atoms with Gasteiger partial charge in [-0.25, -0.2) is 9.59 Å². The van der Waals surface area contributed by atoms with Crippen LogP contribution in [0.5, 0.6) is 0 Å². The molecule has 198 valence electrons. The van der Waals surface area contributed by atoms with Gasteiger partial charge < -0.3 is 52.5 Å². The summed E-state index contributed by atoms with van der Waals surface area (Å²) in [5, 5.41) is 62.4. The largest absolute Gasteiger partial charge is 0.478 e. The number of nitrogens with two attached hydrogens (primary N) is 2. The van der Waals surface area contributed by atoms with E-state index in [4.69, 9.17) is 20.4 Å². The Morgan fingerprint density at radius 1 is 0.771 bits per heavy atom. The lowest BCUT2D eigenvalue weighted by Crippen LogP contribution is -2.30. The third-order valence-electron chi connectivity index (χ3n) is 3.38. The fourth-order valence-corrected chi connectivity index (χ4v) is 5.92. The van der Waals surface area contributed by atoms with Crippen LogP contribution in [0.1, 0.15) is 27.6 Å². The molecule has 0 saturated heterocycles. The Labute approximate surface area is 238 Å². The van der Waals surface area contributed by atoms with Crippen LogP contribution in [0.4, 0.5) is 5.69 Å². The molecule has 0 spiro atoms. The predicted molar refractivity (Wildman–Crippen MR) is 143 cm³/mol. The van der Waals surface area contributed by atoms with Crippen molar-refractivity contribution in [3.05, 3.63) is 21.8 Å². The van der Waals surface area contributed by atoms with Crippen LogP contribution in [0, 0.1) is 10.7 Å². The predicted octanol–water partition coefficient (Wildman–Crippen LogP) is -2.13. The number of anilines is 1. The Morgan fingerprint density at radius 2 is 1.09 bits per heavy atom. The Balaban J connectivity index is 0. The first-order valence-electron chi connectivity index (χ1n) is 8.78. The van der Waals surface area contributed by atoms with E-state index in [1.54, 1.807) is 67.8 Å². The monoisotopic (exact) mass is 841 g/mol. The second-order valence-electron chi connectivity index (χ2n) is 6.04. The highest BCUT2D eigenvalue weighted by molar-refractivity contribution is 14.1. The molecule has 0 aliphatic rings. The topological polar surface area (TPSA) is 291 Å². The number of nitrogens with one attached hydrogen (secondary N) is 1. The fraction of sp³-hybridized carbons (Fsp3) is 0.353. The fourth-order valence-electron chi connectivity index (χ4n) is 1.56. The average molecular weight is 841 g/mol. The number of carbonyl (C=O) groups is 5. The molecule has 35 heavy (non-hydrogen) atoms. The maximum absolute atomic E-state index is 11.6. The molecule has 3 unspecified atom stereocenters. The number of hydrogen-bond donors (Lipinski definition) is 10. The van der Waals surface area contributed by atoms with E-state index in [2.05, 4.69) is 16.8 Å². The van der Waals surface area contributed by atoms with Crippen molar-refractivity contribution in [2.24, 2.45) is 11.5 Å². The van der Waals surface area contributed by atoms with Crippen LogP contribution in [0.25, 0.3) is 0 Å². The van der Waals surface area contributed by atoms with Crippen molar-refractivity contribution < 1.29 is 59.7 Å². The van der Waals surface area contributed by atoms with Gasteiger partial charge in [0.05, 0.1) is 37.2 Å². The quantitative estimate of drug-likeness (QED) is 0.126. The molecule has 18 heteroatoms. The van der Waals surface area contributed by atoms with Gasteiger partial charge in [-0.3, -0.25) is 14.4 Å². The number of carboxylic acid groups (broad SMARTS) is 2. The van der Waals surface area contributed by atoms with E-state index in [9.17, 15) is 39.3 Å². The number of hydrogen-bond acceptors (Lipinski definition) is 10. The number of amides is 3. The lowest BCUT2D eigenvalue weighted by molar-refractivity contribution is -0.128. The molecular formula is C17H22I3N3O12. The van der Waals surface area contributed by atoms with Crippen molar-refractivity contribution in [3.8, 4) is 0 Å². The number of aliphatic hydroxyl groups is 5. The van der Waals surface area contributed by atoms with Crippen molar-refractivity contribution >= 4 is 103 Å². The first-order chi connectivity index (χ1) is 16.0. The summed E-state index contributed by atoms with van der Waals surface area (Å²) in [5.41, 5.74) is 8.66. The zero-order valence-electron chi connectivity index (χ0n) is 17.6. The third-order valence-corrected chi connectivity index (χ3v) is 6.61. The smallest absolute Gasteiger partial charge is 0.337 e. The van der Waals surface area contributed by atoms with Crippen LogP contribution in [0.15, 0.2) is 0 Å². The van der Waals surface area contributed by atoms with Gasteiger partial charge in [0.25, 0.3) is 5.91 Å². The Bertz CT molecular complexity index is 897. The molecule has 0 heterocycles. The lowest BCUT2D eigenvalue weighted by Gasteiger charge is -2.17. The Morgan fingerprint density at radius 3 is 1.26 bits per heavy atom. The molecule has 0 aromatic heterocycles. The lowest BCUT2D eigenvalue weighted by atomic mass is 10.1. The van der Waals surface area contributed by atoms with E-state index in [1.165, 1.54) is 6.92 Å². The molecule has 1 aromatic carbocycles. The summed E-state index contributed by atoms with van der Waals surface area (Å²) >= 11 is 5.10. The summed E-state index contributed by atoms with van der Waals surface area (Å²) in [6.07, 6.45) is -4.11. The van der Waals surface area contributed by atoms with Gasteiger partial charge in [0.2, 0.25) is 11.8 Å². The second-order valence-corrected chi connectivity index (χ2v) is 9.28. The highest BCUT2D eigenvalue weighted by Crippen LogP contribution is 2.35. The van der Waals surface area contributed by atoms with Crippen LogP contribution >= 0.6 is 67.8 Å². The molecule has 0 radical (unpaired) electrons. The van der Waals surface area contributed by atoms with Crippen LogP contribution in [-0.4, -0.2) is 96.9 Å². The second kappa shape index (κ2) is 17.1. The SMILES string of the molecule is CC(O)C(=O)Nc1c(I)c(C(=O)O)c(I)c(C(=O)O)c1I.NC(=O)C(O)CO.NC(=O)C(O)CO. The molecule has 3 atom stereocenters. The molecule has 0 aliphatic heterocycles. The molecular weight excluding hydrogens is 819 g/mol. The molecule has 0 bridgehead atoms. The zero-order chi connectivity index (χ0) is 28.2. The number of benzene rings is 1. The van der Waals surface area contributed by atoms with E-state index < -0.39 is 61.2 Å². The minimum absolute atomic E-state index is 0.0670. The van der Waals surface area contributed by atoms with Gasteiger partial charge in [0.15, 0.2) is 12.2 Å². The minimum atomic E-state index is -1.40. The van der Waals surface area contributed by atoms with E-state index in [0.29, 0.717) is 0 Å². The van der Waals surface area contributed by atoms with Gasteiger partial charge in [-0.15, -0.1) is 0 Å². The van der Waals surface area contributed by atoms with Crippen molar-refractivity contribution in [3.63, 3.8) is 0 Å². The standard InChI is InChI=1S/C11H8I3NO6.2C3H7NO3/c1-2(16)9(17)15-8-6(13)3(10(18)19)5(12)4(7(8)14)11(20)21;2*4-3(7)2(6)1-5/h2,16H,1H3,(H,15,17)(H,18,19)(H,20,21);2*2,5-6H,1H2,(H2,4,7). The number of primary amides is 2. The molecule has 1 rings (SSSR count). The number of rotatable bonds is 8. The molecule has 15 nitrogen and oxygen atoms in total. The molecule has 0 aliphatic carbocycles. The maximum Gasteiger partial charge on any atom is 0.337 e. The van der Waals surface area contributed by atoms with Crippen molar-refractivity contribution in [2.45, 2.75) is 25.2 Å². The summed E-state index contributed by atoms with van der Waals surface area (Å²) in [4.78, 5) is 53.8. The number of aromatic carboxylic acids is 2. The Kier molecular flexibility index (Phi) is 17.4. The summed E-state index contributed by atoms with van der Waals surface area (Å²) in [5.74, 6) is -5.14. The first-order valence-corrected chi connectivity index (χ1v) is 12.0. The average Bonchev–Trinajstić information content (AvgIpc) is 2.75. The molecule has 0 saturated carbocycles. The summed E-state index contributed by atoms with van der Waals surface area (Å²) in [6, 6.07) is 0. The molecule has 0 fully saturated rings. The number of carbonyl (C=O) groups excluding carboxylic acids is 3. The third kappa shape index (κ3) is 11.9. The van der Waals surface area contributed by atoms with Crippen molar-refractivity contribution in [1.82, 2.24) is 0 Å². The normalized spacial score (nSPS) is 12.5. The van der Waals surface area contributed by atoms with Gasteiger partial charge in [-0.2, -0.15) is 0 Å². The maximum atomic E-state index is 11.6. The first kappa shape index (κ1) is 35.7. The Hall–Kier alpha value is -1.44. The minimum Gasteiger partial charge on any atom is -0.478 e. The highest BCUT2D eigenvalue weighted by atomic mass is 127. The van der Waals surface area contributed by atoms with E-state index >= 15 is 0 Å². The summed E-state index contributed by atoms with van der Waals surface area (Å²) < 4.78 is 0.484. The van der Waals surface area contributed by atoms with Gasteiger partial charge in [-0.05, 0) is 74.7 Å². The van der Waals surface area contributed by atoms with Crippen LogP contribution < -0.4 is 16.8 Å². The molecule has 1 aromatic rings. The highest BCUT2D eigenvalue weighted by Gasteiger charge is 2.28. The summed E-state index contributed by atoms with van der Waals surface area (Å²) in [7, 11) is 0. The van der Waals surface area contributed by atoms with Crippen LogP contribution in [0.3, 0.4) is 0 Å². The van der Waals surface area contributed by atoms with E-state index in [1.807, 2.05) is 0 Å². The zero-order valence-corrected chi connectivity index (χ0v) is 24.1. The van der Waals surface area contributed by atoms with Crippen molar-refractivity contribution in [2.75, 3.05) is 18.5 Å². The number of halogens is 3. The summed E-state index contributed by atoms with van der Waals surface area (Å²) in [6.45, 7) is 0.0443. The number of aliphatic hydroxyl groups excluding tert-OH is 5. The molecule has 3 amide bonds. The number of carboxylic acids is 2. The van der Waals surface area contributed by atoms with E-state index in [-0.39, 0.29) is 27.5 Å². The molecule has 12 N–H and O–H groups in total. The van der Waals surface area contributed by atoms with Gasteiger partial charge in [0.1, 0.15) is 6.10 Å². The van der Waals surface area contributed by atoms with E-state index in [0.717, 1.165) is 0 Å². The van der Waals surface area contributed by atoms with Crippen LogP contribution in [0.2, 0.25) is 0 Å². The van der Waals surface area contributed by atoms with Gasteiger partial charge in [0, 0.05) is 3.57 Å². The van der Waals surface area contributed by atoms with Gasteiger partial charge >= 0.3 is 11.9 Å².